The number of benzene rings is 6. The number of para-hydroxylation sites is 4. The zero-order chi connectivity index (χ0) is 73.4. The lowest BCUT2D eigenvalue weighted by atomic mass is 10.1. The van der Waals surface area contributed by atoms with Crippen LogP contribution in [-0.2, 0) is 83.8 Å². The number of hydrogen-bond acceptors (Lipinski definition) is 11. The van der Waals surface area contributed by atoms with Crippen molar-refractivity contribution in [1.82, 2.24) is 23.3 Å². The van der Waals surface area contributed by atoms with E-state index in [-0.39, 0.29) is 9.79 Å². The highest BCUT2D eigenvalue weighted by atomic mass is 32.2. The molecule has 0 N–H and O–H groups in total. The van der Waals surface area contributed by atoms with Crippen LogP contribution in [0.1, 0.15) is 99.3 Å². The molecule has 0 saturated carbocycles. The van der Waals surface area contributed by atoms with Gasteiger partial charge in [-0.15, -0.1) is 0 Å². The zero-order valence-electron chi connectivity index (χ0n) is 61.1. The fourth-order valence-corrected chi connectivity index (χ4v) is 13.1. The predicted molar refractivity (Wildman–Crippen MR) is 410 cm³/mol. The molecule has 0 spiro atoms. The normalized spacial score (nSPS) is 11.5. The van der Waals surface area contributed by atoms with Crippen molar-refractivity contribution in [3.63, 3.8) is 0 Å². The molecule has 0 aliphatic heterocycles. The van der Waals surface area contributed by atoms with E-state index in [9.17, 15) is 21.4 Å². The van der Waals surface area contributed by atoms with Gasteiger partial charge in [0.25, 0.3) is 10.1 Å². The van der Waals surface area contributed by atoms with Gasteiger partial charge in [-0.1, -0.05) is 96.1 Å². The van der Waals surface area contributed by atoms with Crippen LogP contribution in [0.5, 0.6) is 0 Å². The van der Waals surface area contributed by atoms with Gasteiger partial charge < -0.3 is 9.12 Å². The molecular formula is C82H102N14O6S2+4. The first-order chi connectivity index (χ1) is 50.5. The highest BCUT2D eigenvalue weighted by Gasteiger charge is 2.16. The molecule has 0 bridgehead atoms. The van der Waals surface area contributed by atoms with E-state index >= 15 is 0 Å². The van der Waals surface area contributed by atoms with Gasteiger partial charge >= 0.3 is 0 Å². The third-order valence-corrected chi connectivity index (χ3v) is 20.1. The second kappa shape index (κ2) is 40.5. The van der Waals surface area contributed by atoms with E-state index < -0.39 is 20.2 Å². The molecule has 0 saturated heterocycles. The minimum Gasteiger partial charge on any atom is -0.744 e. The Morgan fingerprint density at radius 2 is 0.856 bits per heavy atom. The highest BCUT2D eigenvalue weighted by Crippen LogP contribution is 2.20. The molecule has 6 aromatic carbocycles. The van der Waals surface area contributed by atoms with Crippen molar-refractivity contribution >= 4 is 65.8 Å². The van der Waals surface area contributed by atoms with Crippen LogP contribution >= 0.6 is 0 Å². The number of imidazole rings is 4. The van der Waals surface area contributed by atoms with Gasteiger partial charge in [-0.25, -0.2) is 40.8 Å². The molecule has 0 aliphatic rings. The van der Waals surface area contributed by atoms with Crippen molar-refractivity contribution in [3.8, 4) is 0 Å². The summed E-state index contributed by atoms with van der Waals surface area (Å²) in [5, 5.41) is 15.7. The molecule has 12 aromatic rings. The van der Waals surface area contributed by atoms with E-state index in [0.29, 0.717) is 0 Å². The summed E-state index contributed by atoms with van der Waals surface area (Å²) in [6, 6.07) is 54.4. The number of fused-ring (bicyclic) bond motifs is 2. The van der Waals surface area contributed by atoms with Gasteiger partial charge in [0.1, 0.15) is 60.4 Å². The molecule has 20 nitrogen and oxygen atoms in total. The van der Waals surface area contributed by atoms with Crippen LogP contribution in [0.15, 0.2) is 277 Å². The van der Waals surface area contributed by atoms with E-state index in [1.165, 1.54) is 123 Å². The van der Waals surface area contributed by atoms with Crippen molar-refractivity contribution in [2.45, 2.75) is 153 Å². The summed E-state index contributed by atoms with van der Waals surface area (Å²) < 4.78 is 78.2. The minimum atomic E-state index is -4.27. The standard InChI is InChI=1S/C34H44N7.C33H41N7.C8H10O3S.C7H8O3S/c1-36-24-25-38(29-36)20-12-13-21-40-27-26-39(30-40)19-10-3-4-11-22-41-23-18-31(33-16-8-9-17-34(33)41)28-35-37(2)32-14-6-5-7-15-32;1-36(31-13-5-4-6-14-31)35-27-30-17-23-40(33-16-8-7-15-32(30)33)22-10-3-2-9-20-38-25-26-39(29-38)21-12-11-19-37-24-18-34-28-37;1-7-3-5-8(6-4-7)12(9,10)11-2;1-6-2-4-7(5-3-6)11(8,9)10/h5-9,14-18,23-30H,3-4,10-13,19-22H2,1-2H3;4-8,13-18,23-29H,2-3,9-12,19-22H2,1H3;3-6H,1-2H3;2-5H,1H3,(H,8,9,10)/q+3;+2;;/p-1. The highest BCUT2D eigenvalue weighted by molar-refractivity contribution is 7.86. The van der Waals surface area contributed by atoms with E-state index in [1.807, 2.05) is 106 Å². The summed E-state index contributed by atoms with van der Waals surface area (Å²) in [6.45, 7) is 12.2. The number of anilines is 2. The number of hydrazone groups is 2. The average Bonchev–Trinajstić information content (AvgIpc) is 0.907. The number of hydrogen-bond donors (Lipinski definition) is 0. The van der Waals surface area contributed by atoms with Crippen LogP contribution in [0.3, 0.4) is 0 Å². The van der Waals surface area contributed by atoms with Crippen LogP contribution in [0.25, 0.3) is 21.8 Å². The van der Waals surface area contributed by atoms with Gasteiger partial charge in [0, 0.05) is 81.3 Å². The number of pyridine rings is 2. The number of aryl methyl sites for hydroxylation is 11. The Hall–Kier alpha value is -10.3. The zero-order valence-corrected chi connectivity index (χ0v) is 62.7. The Bertz CT molecular complexity index is 4810. The van der Waals surface area contributed by atoms with Crippen molar-refractivity contribution < 1.29 is 48.4 Å². The molecule has 6 aromatic heterocycles. The molecule has 104 heavy (non-hydrogen) atoms. The molecule has 6 heterocycles. The summed E-state index contributed by atoms with van der Waals surface area (Å²) in [5.74, 6) is 0. The van der Waals surface area contributed by atoms with E-state index in [0.717, 1.165) is 93.1 Å². The number of aromatic nitrogens is 10. The quantitative estimate of drug-likeness (QED) is 0.00964. The van der Waals surface area contributed by atoms with Crippen LogP contribution in [0, 0.1) is 13.8 Å². The fraction of sp³-hybridized carbons (Fsp3) is 0.317. The Kier molecular flexibility index (Phi) is 30.4. The monoisotopic (exact) mass is 1440 g/mol. The Labute approximate surface area is 614 Å². The lowest BCUT2D eigenvalue weighted by Crippen LogP contribution is -2.34. The maximum atomic E-state index is 11.1. The number of unbranched alkanes of at least 4 members (excludes halogenated alkanes) is 8. The van der Waals surface area contributed by atoms with E-state index in [2.05, 4.69) is 216 Å². The molecule has 0 amide bonds. The summed E-state index contributed by atoms with van der Waals surface area (Å²) in [7, 11) is -0.600. The van der Waals surface area contributed by atoms with Gasteiger partial charge in [0.2, 0.25) is 30.0 Å². The molecule has 22 heteroatoms. The second-order valence-corrected chi connectivity index (χ2v) is 29.1. The maximum absolute atomic E-state index is 11.1. The SMILES string of the molecule is CN(/N=C/c1cc[n+](CCCCCC[n+]2ccn(CCCCn3cc[n+](C)c3)c2)c2ccccc12)c1ccccc1.CN(/N=C/c1cc[n+](CCCCCC[n+]2ccn(CCCCn3ccnc3)c2)c2ccccc12)c1ccccc1.COS(=O)(=O)c1ccc(C)cc1.Cc1ccc(S(=O)(=O)[O-])cc1. The van der Waals surface area contributed by atoms with E-state index in [1.54, 1.807) is 24.3 Å². The van der Waals surface area contributed by atoms with Crippen molar-refractivity contribution in [2.24, 2.45) is 17.3 Å². The number of nitrogens with zero attached hydrogens (tertiary/aromatic N) is 14. The van der Waals surface area contributed by atoms with Crippen molar-refractivity contribution in [1.29, 1.82) is 0 Å². The van der Waals surface area contributed by atoms with Crippen LogP contribution in [0.2, 0.25) is 0 Å². The van der Waals surface area contributed by atoms with Gasteiger partial charge in [0.05, 0.1) is 97.6 Å². The number of rotatable bonds is 33. The van der Waals surface area contributed by atoms with Crippen LogP contribution in [-0.4, -0.2) is 78.3 Å². The van der Waals surface area contributed by atoms with Crippen molar-refractivity contribution in [3.05, 3.63) is 279 Å². The largest absolute Gasteiger partial charge is 0.744 e. The lowest BCUT2D eigenvalue weighted by molar-refractivity contribution is -0.697. The molecule has 12 rings (SSSR count). The third kappa shape index (κ3) is 25.3. The summed E-state index contributed by atoms with van der Waals surface area (Å²) >= 11 is 0. The van der Waals surface area contributed by atoms with Gasteiger partial charge in [-0.05, 0) is 139 Å². The van der Waals surface area contributed by atoms with Crippen LogP contribution in [0.4, 0.5) is 11.4 Å². The van der Waals surface area contributed by atoms with Gasteiger partial charge in [-0.3, -0.25) is 14.2 Å². The summed E-state index contributed by atoms with van der Waals surface area (Å²) in [5.41, 5.74) is 8.89. The smallest absolute Gasteiger partial charge is 0.296 e. The molecule has 0 atom stereocenters. The summed E-state index contributed by atoms with van der Waals surface area (Å²) in [4.78, 5) is 4.12. The Morgan fingerprint density at radius 3 is 1.27 bits per heavy atom. The van der Waals surface area contributed by atoms with Crippen LogP contribution < -0.4 is 32.9 Å². The third-order valence-electron chi connectivity index (χ3n) is 17.9. The molecule has 544 valence electrons. The molecule has 0 radical (unpaired) electrons. The molecule has 0 unspecified atom stereocenters. The topological polar surface area (TPSA) is 184 Å². The van der Waals surface area contributed by atoms with Crippen molar-refractivity contribution in [2.75, 3.05) is 31.2 Å². The fourth-order valence-electron chi connectivity index (χ4n) is 12.0. The molecule has 0 fully saturated rings. The first kappa shape index (κ1) is 77.9. The van der Waals surface area contributed by atoms with Gasteiger partial charge in [-0.2, -0.15) is 27.8 Å². The first-order valence-electron chi connectivity index (χ1n) is 35.9. The maximum Gasteiger partial charge on any atom is 0.296 e. The van der Waals surface area contributed by atoms with E-state index in [4.69, 9.17) is 5.10 Å². The molecule has 0 aliphatic carbocycles. The summed E-state index contributed by atoms with van der Waals surface area (Å²) in [6.07, 6.45) is 48.4. The predicted octanol–water partition coefficient (Wildman–Crippen LogP) is 12.9. The first-order valence-corrected chi connectivity index (χ1v) is 38.7. The Balaban J connectivity index is 0.000000185. The van der Waals surface area contributed by atoms with Gasteiger partial charge in [0.15, 0.2) is 12.4 Å². The minimum absolute atomic E-state index is 0.178. The molecular weight excluding hydrogens is 1340 g/mol. The lowest BCUT2D eigenvalue weighted by Gasteiger charge is -2.12. The second-order valence-electron chi connectivity index (χ2n) is 26.0. The Morgan fingerprint density at radius 1 is 0.452 bits per heavy atom. The average molecular weight is 1440 g/mol.